The molecular weight excluding hydrogens is 949 g/mol. The topological polar surface area (TPSA) is 78.9 Å². The van der Waals surface area contributed by atoms with E-state index in [1.165, 1.54) is 64.2 Å². The number of hydrogen-bond acceptors (Lipinski definition) is 6. The molecule has 0 aliphatic rings. The van der Waals surface area contributed by atoms with Crippen LogP contribution in [0.15, 0.2) is 158 Å². The normalized spacial score (nSPS) is 13.2. The van der Waals surface area contributed by atoms with Gasteiger partial charge in [0.25, 0.3) is 0 Å². The third-order valence-corrected chi connectivity index (χ3v) is 12.5. The monoisotopic (exact) mass is 1060 g/mol. The largest absolute Gasteiger partial charge is 0.462 e. The van der Waals surface area contributed by atoms with E-state index in [4.69, 9.17) is 14.2 Å². The van der Waals surface area contributed by atoms with Gasteiger partial charge in [0.1, 0.15) is 13.2 Å². The predicted octanol–water partition coefficient (Wildman–Crippen LogP) is 21.3. The predicted molar refractivity (Wildman–Crippen MR) is 334 cm³/mol. The lowest BCUT2D eigenvalue weighted by molar-refractivity contribution is -0.167. The molecule has 0 saturated carbocycles. The van der Waals surface area contributed by atoms with Crippen molar-refractivity contribution in [2.75, 3.05) is 13.2 Å². The third-order valence-electron chi connectivity index (χ3n) is 12.5. The van der Waals surface area contributed by atoms with Gasteiger partial charge >= 0.3 is 17.9 Å². The quantitative estimate of drug-likeness (QED) is 0.0261. The molecule has 6 heteroatoms. The van der Waals surface area contributed by atoms with Gasteiger partial charge in [-0.25, -0.2) is 0 Å². The van der Waals surface area contributed by atoms with Crippen molar-refractivity contribution in [3.63, 3.8) is 0 Å². The molecule has 6 nitrogen and oxygen atoms in total. The van der Waals surface area contributed by atoms with Gasteiger partial charge in [-0.1, -0.05) is 249 Å². The Morgan fingerprint density at radius 2 is 0.468 bits per heavy atom. The van der Waals surface area contributed by atoms with Gasteiger partial charge in [0.2, 0.25) is 0 Å². The molecule has 0 saturated heterocycles. The summed E-state index contributed by atoms with van der Waals surface area (Å²) < 4.78 is 16.8. The van der Waals surface area contributed by atoms with E-state index in [9.17, 15) is 14.4 Å². The molecular formula is C71H112O6. The van der Waals surface area contributed by atoms with Gasteiger partial charge in [-0.3, -0.25) is 14.4 Å². The van der Waals surface area contributed by atoms with E-state index in [1.807, 2.05) is 0 Å². The highest BCUT2D eigenvalue weighted by atomic mass is 16.6. The summed E-state index contributed by atoms with van der Waals surface area (Å²) in [6.45, 7) is 6.22. The summed E-state index contributed by atoms with van der Waals surface area (Å²) in [7, 11) is 0. The highest BCUT2D eigenvalue weighted by Gasteiger charge is 2.19. The van der Waals surface area contributed by atoms with Crippen molar-refractivity contribution in [3.8, 4) is 0 Å². The second-order valence-electron chi connectivity index (χ2n) is 19.8. The Hall–Kier alpha value is -4.97. The molecule has 0 aliphatic heterocycles. The van der Waals surface area contributed by atoms with E-state index < -0.39 is 6.10 Å². The zero-order valence-electron chi connectivity index (χ0n) is 49.4. The van der Waals surface area contributed by atoms with Crippen molar-refractivity contribution in [2.24, 2.45) is 0 Å². The fourth-order valence-electron chi connectivity index (χ4n) is 7.98. The van der Waals surface area contributed by atoms with Crippen molar-refractivity contribution in [1.29, 1.82) is 0 Å². The van der Waals surface area contributed by atoms with E-state index in [2.05, 4.69) is 179 Å². The zero-order valence-corrected chi connectivity index (χ0v) is 49.4. The molecule has 0 rings (SSSR count). The van der Waals surface area contributed by atoms with Gasteiger partial charge in [-0.05, 0) is 141 Å². The molecule has 0 N–H and O–H groups in total. The summed E-state index contributed by atoms with van der Waals surface area (Å²) in [5.74, 6) is -0.991. The van der Waals surface area contributed by atoms with Gasteiger partial charge in [0.15, 0.2) is 6.10 Å². The number of esters is 3. The molecule has 0 aromatic carbocycles. The molecule has 0 aliphatic carbocycles. The molecule has 0 bridgehead atoms. The van der Waals surface area contributed by atoms with Crippen LogP contribution < -0.4 is 0 Å². The van der Waals surface area contributed by atoms with Crippen LogP contribution in [0.4, 0.5) is 0 Å². The van der Waals surface area contributed by atoms with Crippen LogP contribution in [0.3, 0.4) is 0 Å². The summed E-state index contributed by atoms with van der Waals surface area (Å²) in [4.78, 5) is 38.2. The van der Waals surface area contributed by atoms with E-state index in [0.717, 1.165) is 141 Å². The summed E-state index contributed by atoms with van der Waals surface area (Å²) in [6, 6.07) is 0. The molecule has 1 unspecified atom stereocenters. The van der Waals surface area contributed by atoms with Crippen LogP contribution >= 0.6 is 0 Å². The van der Waals surface area contributed by atoms with Crippen molar-refractivity contribution >= 4 is 17.9 Å². The molecule has 0 fully saturated rings. The first-order valence-electron chi connectivity index (χ1n) is 31.0. The lowest BCUT2D eigenvalue weighted by atomic mass is 10.0. The minimum atomic E-state index is -0.820. The Morgan fingerprint density at radius 3 is 0.766 bits per heavy atom. The van der Waals surface area contributed by atoms with Crippen molar-refractivity contribution in [2.45, 2.75) is 258 Å². The molecule has 0 radical (unpaired) electrons. The minimum Gasteiger partial charge on any atom is -0.462 e. The Bertz CT molecular complexity index is 1740. The van der Waals surface area contributed by atoms with Crippen LogP contribution in [0.2, 0.25) is 0 Å². The first kappa shape index (κ1) is 72.0. The average molecular weight is 1060 g/mol. The fourth-order valence-corrected chi connectivity index (χ4v) is 7.98. The lowest BCUT2D eigenvalue weighted by Crippen LogP contribution is -2.30. The van der Waals surface area contributed by atoms with Gasteiger partial charge in [-0.15, -0.1) is 0 Å². The second-order valence-corrected chi connectivity index (χ2v) is 19.8. The zero-order chi connectivity index (χ0) is 55.7. The smallest absolute Gasteiger partial charge is 0.306 e. The number of unbranched alkanes of at least 4 members (excludes halogenated alkanes) is 17. The number of ether oxygens (including phenoxy) is 3. The summed E-state index contributed by atoms with van der Waals surface area (Å²) in [5, 5.41) is 0. The van der Waals surface area contributed by atoms with Gasteiger partial charge in [0.05, 0.1) is 0 Å². The van der Waals surface area contributed by atoms with Crippen molar-refractivity contribution < 1.29 is 28.6 Å². The van der Waals surface area contributed by atoms with Crippen LogP contribution in [0.25, 0.3) is 0 Å². The first-order chi connectivity index (χ1) is 38.0. The second kappa shape index (κ2) is 63.6. The van der Waals surface area contributed by atoms with E-state index in [-0.39, 0.29) is 37.5 Å². The molecule has 0 aromatic heterocycles. The number of carbonyl (C=O) groups excluding carboxylic acids is 3. The molecule has 0 amide bonds. The Kier molecular flexibility index (Phi) is 59.5. The van der Waals surface area contributed by atoms with Gasteiger partial charge < -0.3 is 14.2 Å². The third kappa shape index (κ3) is 61.8. The lowest BCUT2D eigenvalue weighted by Gasteiger charge is -2.18. The SMILES string of the molecule is CC/C=C\C/C=C\C/C=C\C/C=C\C/C=C\C/C=C\CCCCCCCCCCCCCCC(=O)OCC(COC(=O)CCCCC/C=C\C/C=C\C/C=C\CC)OC(=O)CCCC/C=C\C/C=C\C/C=C\C/C=C\CC. The maximum Gasteiger partial charge on any atom is 0.306 e. The molecule has 0 heterocycles. The summed E-state index contributed by atoms with van der Waals surface area (Å²) in [6.07, 6.45) is 92.6. The van der Waals surface area contributed by atoms with E-state index in [0.29, 0.717) is 19.3 Å². The number of rotatable bonds is 54. The Balaban J connectivity index is 4.31. The van der Waals surface area contributed by atoms with Gasteiger partial charge in [-0.2, -0.15) is 0 Å². The summed E-state index contributed by atoms with van der Waals surface area (Å²) in [5.41, 5.74) is 0. The van der Waals surface area contributed by atoms with Crippen LogP contribution in [0.5, 0.6) is 0 Å². The van der Waals surface area contributed by atoms with E-state index >= 15 is 0 Å². The average Bonchev–Trinajstić information content (AvgIpc) is 3.43. The molecule has 1 atom stereocenters. The molecule has 0 aromatic rings. The van der Waals surface area contributed by atoms with Crippen LogP contribution in [0.1, 0.15) is 252 Å². The molecule has 432 valence electrons. The highest BCUT2D eigenvalue weighted by Crippen LogP contribution is 2.15. The molecule has 77 heavy (non-hydrogen) atoms. The van der Waals surface area contributed by atoms with Crippen molar-refractivity contribution in [1.82, 2.24) is 0 Å². The minimum absolute atomic E-state index is 0.111. The number of allylic oxidation sites excluding steroid dienone is 26. The van der Waals surface area contributed by atoms with Crippen LogP contribution in [0, 0.1) is 0 Å². The maximum absolute atomic E-state index is 12.8. The standard InChI is InChI=1S/C71H112O6/c1-4-7-10-13-16-19-22-25-27-28-29-30-31-32-33-34-35-36-37-38-39-40-41-42-44-46-49-52-55-58-61-64-70(73)76-67-68(66-75-69(72)63-60-57-54-51-48-45-24-21-18-15-12-9-6-3)77-71(74)65-62-59-56-53-50-47-43-26-23-20-17-14-11-8-5-2/h7-12,16-21,25-27,29-30,32-33,35-36,43,45,48,50,53,68H,4-6,13-15,22-24,28,31,34,37-42,44,46-47,49,51-52,54-67H2,1-3H3/b10-7-,11-8-,12-9-,19-16-,20-17-,21-18-,27-25-,30-29-,33-32-,36-35-,43-26-,48-45-,53-50-. The fraction of sp³-hybridized carbons (Fsp3) is 0.592. The van der Waals surface area contributed by atoms with Crippen LogP contribution in [-0.2, 0) is 28.6 Å². The van der Waals surface area contributed by atoms with Crippen LogP contribution in [-0.4, -0.2) is 37.2 Å². The number of carbonyl (C=O) groups is 3. The van der Waals surface area contributed by atoms with Crippen molar-refractivity contribution in [3.05, 3.63) is 158 Å². The number of hydrogen-bond donors (Lipinski definition) is 0. The Labute approximate surface area is 473 Å². The summed E-state index contributed by atoms with van der Waals surface area (Å²) >= 11 is 0. The Morgan fingerprint density at radius 1 is 0.260 bits per heavy atom. The van der Waals surface area contributed by atoms with E-state index in [1.54, 1.807) is 0 Å². The molecule has 0 spiro atoms. The maximum atomic E-state index is 12.8. The highest BCUT2D eigenvalue weighted by molar-refractivity contribution is 5.71. The first-order valence-corrected chi connectivity index (χ1v) is 31.0. The van der Waals surface area contributed by atoms with Gasteiger partial charge in [0, 0.05) is 19.3 Å².